The summed E-state index contributed by atoms with van der Waals surface area (Å²) in [5.41, 5.74) is 2.48. The van der Waals surface area contributed by atoms with Gasteiger partial charge in [-0.15, -0.1) is 0 Å². The van der Waals surface area contributed by atoms with Crippen LogP contribution in [0.1, 0.15) is 75.8 Å². The average Bonchev–Trinajstić information content (AvgIpc) is 2.69. The lowest BCUT2D eigenvalue weighted by Crippen LogP contribution is -2.29. The van der Waals surface area contributed by atoms with E-state index in [1.807, 2.05) is 12.1 Å². The van der Waals surface area contributed by atoms with E-state index in [1.54, 1.807) is 0 Å². The van der Waals surface area contributed by atoms with Crippen molar-refractivity contribution in [2.24, 2.45) is 0 Å². The van der Waals surface area contributed by atoms with Crippen molar-refractivity contribution in [3.63, 3.8) is 0 Å². The Bertz CT molecular complexity index is 732. The molecule has 0 fully saturated rings. The molecule has 0 radical (unpaired) electrons. The molecule has 2 rings (SSSR count). The number of hydrogen-bond donors (Lipinski definition) is 0. The molecule has 1 heterocycles. The Balaban J connectivity index is 1.72. The second-order valence-electron chi connectivity index (χ2n) is 7.68. The van der Waals surface area contributed by atoms with Gasteiger partial charge in [-0.3, -0.25) is 0 Å². The van der Waals surface area contributed by atoms with Gasteiger partial charge in [-0.05, 0) is 18.1 Å². The minimum Gasteiger partial charge on any atom is -0.725 e. The standard InChI is InChI=1S/C22H35NO5S/c1-2-3-4-5-6-7-8-11-18-27-22(28-29(24,25)26)15-17-23-16-14-20-12-9-10-13-21(20)19-23/h9-10,12-13,19,22H,2-8,11,14-18H2,1H3. The average molecular weight is 426 g/mol. The van der Waals surface area contributed by atoms with E-state index in [4.69, 9.17) is 4.74 Å². The molecule has 29 heavy (non-hydrogen) atoms. The fraction of sp³-hybridized carbons (Fsp3) is 0.682. The van der Waals surface area contributed by atoms with Crippen LogP contribution in [0.25, 0.3) is 0 Å². The van der Waals surface area contributed by atoms with Crippen LogP contribution in [-0.4, -0.2) is 49.7 Å². The SMILES string of the molecule is CCCCCCCCCCOC(CC[N+]1=Cc2ccccc2CC1)OS(=O)(=O)[O-]. The van der Waals surface area contributed by atoms with Gasteiger partial charge in [0.1, 0.15) is 13.1 Å². The molecule has 0 bridgehead atoms. The van der Waals surface area contributed by atoms with Crippen molar-refractivity contribution in [2.75, 3.05) is 19.7 Å². The van der Waals surface area contributed by atoms with Gasteiger partial charge in [0.05, 0.1) is 6.42 Å². The number of ether oxygens (including phenoxy) is 1. The summed E-state index contributed by atoms with van der Waals surface area (Å²) in [6.45, 7) is 4.04. The van der Waals surface area contributed by atoms with Crippen LogP contribution in [0.2, 0.25) is 0 Å². The summed E-state index contributed by atoms with van der Waals surface area (Å²) in [7, 11) is -4.79. The fourth-order valence-corrected chi connectivity index (χ4v) is 4.02. The highest BCUT2D eigenvalue weighted by molar-refractivity contribution is 7.80. The third-order valence-electron chi connectivity index (χ3n) is 5.22. The van der Waals surface area contributed by atoms with Gasteiger partial charge in [-0.25, -0.2) is 17.2 Å². The first-order valence-corrected chi connectivity index (χ1v) is 12.2. The summed E-state index contributed by atoms with van der Waals surface area (Å²) in [6, 6.07) is 8.22. The van der Waals surface area contributed by atoms with Gasteiger partial charge in [0.25, 0.3) is 0 Å². The second-order valence-corrected chi connectivity index (χ2v) is 8.69. The summed E-state index contributed by atoms with van der Waals surface area (Å²) in [4.78, 5) is 0. The quantitative estimate of drug-likeness (QED) is 0.139. The van der Waals surface area contributed by atoms with Crippen molar-refractivity contribution >= 4 is 16.6 Å². The summed E-state index contributed by atoms with van der Waals surface area (Å²) < 4.78 is 45.4. The lowest BCUT2D eigenvalue weighted by atomic mass is 10.0. The maximum atomic E-state index is 11.0. The number of fused-ring (bicyclic) bond motifs is 1. The highest BCUT2D eigenvalue weighted by Gasteiger charge is 2.20. The van der Waals surface area contributed by atoms with Gasteiger partial charge in [0.15, 0.2) is 12.5 Å². The van der Waals surface area contributed by atoms with Crippen molar-refractivity contribution in [1.82, 2.24) is 0 Å². The van der Waals surface area contributed by atoms with Crippen molar-refractivity contribution < 1.29 is 26.5 Å². The van der Waals surface area contributed by atoms with Crippen LogP contribution < -0.4 is 0 Å². The van der Waals surface area contributed by atoms with E-state index in [-0.39, 0.29) is 0 Å². The molecular weight excluding hydrogens is 390 g/mol. The zero-order valence-electron chi connectivity index (χ0n) is 17.6. The lowest BCUT2D eigenvalue weighted by molar-refractivity contribution is -0.527. The zero-order valence-corrected chi connectivity index (χ0v) is 18.4. The number of rotatable bonds is 15. The van der Waals surface area contributed by atoms with Crippen LogP contribution >= 0.6 is 0 Å². The Labute approximate surface area is 175 Å². The van der Waals surface area contributed by atoms with E-state index in [0.717, 1.165) is 32.2 Å². The highest BCUT2D eigenvalue weighted by atomic mass is 32.3. The van der Waals surface area contributed by atoms with Crippen molar-refractivity contribution in [2.45, 2.75) is 77.4 Å². The largest absolute Gasteiger partial charge is 0.725 e. The van der Waals surface area contributed by atoms with E-state index >= 15 is 0 Å². The third-order valence-corrected chi connectivity index (χ3v) is 5.67. The van der Waals surface area contributed by atoms with Crippen molar-refractivity contribution in [3.8, 4) is 0 Å². The molecule has 0 spiro atoms. The number of unbranched alkanes of at least 4 members (excludes halogenated alkanes) is 7. The predicted molar refractivity (Wildman–Crippen MR) is 113 cm³/mol. The zero-order chi connectivity index (χ0) is 21.0. The molecule has 7 heteroatoms. The Kier molecular flexibility index (Phi) is 10.8. The summed E-state index contributed by atoms with van der Waals surface area (Å²) in [6.07, 6.45) is 11.7. The van der Waals surface area contributed by atoms with Gasteiger partial charge in [0.2, 0.25) is 10.4 Å². The first-order valence-electron chi connectivity index (χ1n) is 10.9. The van der Waals surface area contributed by atoms with Crippen LogP contribution in [0.5, 0.6) is 0 Å². The first kappa shape index (κ1) is 24.0. The van der Waals surface area contributed by atoms with E-state index in [1.165, 1.54) is 43.2 Å². The number of hydrogen-bond acceptors (Lipinski definition) is 5. The van der Waals surface area contributed by atoms with Gasteiger partial charge in [-0.2, -0.15) is 0 Å². The van der Waals surface area contributed by atoms with Crippen LogP contribution in [-0.2, 0) is 25.7 Å². The van der Waals surface area contributed by atoms with E-state index in [0.29, 0.717) is 19.6 Å². The molecule has 1 aromatic carbocycles. The first-order chi connectivity index (χ1) is 14.0. The maximum absolute atomic E-state index is 11.0. The normalized spacial score (nSPS) is 15.0. The van der Waals surface area contributed by atoms with Crippen molar-refractivity contribution in [3.05, 3.63) is 35.4 Å². The predicted octanol–water partition coefficient (Wildman–Crippen LogP) is 4.02. The van der Waals surface area contributed by atoms with E-state index < -0.39 is 16.7 Å². The van der Waals surface area contributed by atoms with Gasteiger partial charge < -0.3 is 9.29 Å². The van der Waals surface area contributed by atoms with Gasteiger partial charge in [0, 0.05) is 18.6 Å². The summed E-state index contributed by atoms with van der Waals surface area (Å²) in [5.74, 6) is 0. The second kappa shape index (κ2) is 13.1. The smallest absolute Gasteiger partial charge is 0.220 e. The molecule has 0 amide bonds. The molecule has 0 saturated carbocycles. The molecule has 1 atom stereocenters. The Morgan fingerprint density at radius 2 is 1.76 bits per heavy atom. The van der Waals surface area contributed by atoms with Crippen LogP contribution in [0, 0.1) is 0 Å². The molecule has 0 aliphatic carbocycles. The van der Waals surface area contributed by atoms with Crippen LogP contribution in [0.3, 0.4) is 0 Å². The molecular formula is C22H35NO5S. The Morgan fingerprint density at radius 3 is 2.48 bits per heavy atom. The highest BCUT2D eigenvalue weighted by Crippen LogP contribution is 2.13. The lowest BCUT2D eigenvalue weighted by Gasteiger charge is -2.20. The van der Waals surface area contributed by atoms with Gasteiger partial charge in [-0.1, -0.05) is 70.1 Å². The fourth-order valence-electron chi connectivity index (χ4n) is 3.60. The van der Waals surface area contributed by atoms with E-state index in [2.05, 4.69) is 34.0 Å². The molecule has 1 aliphatic heterocycles. The minimum atomic E-state index is -4.79. The molecule has 6 nitrogen and oxygen atoms in total. The van der Waals surface area contributed by atoms with Crippen LogP contribution in [0.15, 0.2) is 24.3 Å². The molecule has 1 unspecified atom stereocenters. The van der Waals surface area contributed by atoms with Crippen molar-refractivity contribution in [1.29, 1.82) is 0 Å². The molecule has 1 aliphatic rings. The van der Waals surface area contributed by atoms with Crippen LogP contribution in [0.4, 0.5) is 0 Å². The maximum Gasteiger partial charge on any atom is 0.220 e. The monoisotopic (exact) mass is 425 g/mol. The summed E-state index contributed by atoms with van der Waals surface area (Å²) >= 11 is 0. The minimum absolute atomic E-state index is 0.331. The third kappa shape index (κ3) is 10.3. The topological polar surface area (TPSA) is 78.7 Å². The Hall–Kier alpha value is -1.28. The summed E-state index contributed by atoms with van der Waals surface area (Å²) in [5, 5.41) is 0. The molecule has 164 valence electrons. The number of nitrogens with zero attached hydrogens (tertiary/aromatic N) is 1. The molecule has 0 N–H and O–H groups in total. The molecule has 0 aromatic heterocycles. The van der Waals surface area contributed by atoms with Gasteiger partial charge >= 0.3 is 0 Å². The number of benzene rings is 1. The molecule has 0 saturated heterocycles. The molecule has 1 aromatic rings. The van der Waals surface area contributed by atoms with E-state index in [9.17, 15) is 13.0 Å². The Morgan fingerprint density at radius 1 is 1.07 bits per heavy atom.